The van der Waals surface area contributed by atoms with E-state index in [0.29, 0.717) is 10.6 Å². The lowest BCUT2D eigenvalue weighted by atomic mass is 10.1. The van der Waals surface area contributed by atoms with Crippen molar-refractivity contribution in [2.75, 3.05) is 4.72 Å². The average Bonchev–Trinajstić information content (AvgIpc) is 2.51. The van der Waals surface area contributed by atoms with Crippen molar-refractivity contribution in [3.8, 4) is 0 Å². The molecule has 0 aliphatic rings. The monoisotopic (exact) mass is 325 g/mol. The highest BCUT2D eigenvalue weighted by Crippen LogP contribution is 2.27. The Labute approximate surface area is 137 Å². The van der Waals surface area contributed by atoms with E-state index in [2.05, 4.69) is 4.72 Å². The molecule has 0 aromatic heterocycles. The predicted molar refractivity (Wildman–Crippen MR) is 95.4 cm³/mol. The highest BCUT2D eigenvalue weighted by molar-refractivity contribution is 7.92. The van der Waals surface area contributed by atoms with Crippen molar-refractivity contribution in [3.05, 3.63) is 71.3 Å². The van der Waals surface area contributed by atoms with Crippen LogP contribution in [0.2, 0.25) is 0 Å². The molecule has 0 saturated carbocycles. The molecule has 0 saturated heterocycles. The topological polar surface area (TPSA) is 46.2 Å². The van der Waals surface area contributed by atoms with Crippen molar-refractivity contribution < 1.29 is 8.42 Å². The minimum Gasteiger partial charge on any atom is -0.279 e. The van der Waals surface area contributed by atoms with E-state index in [0.717, 1.165) is 27.5 Å². The first-order valence-corrected chi connectivity index (χ1v) is 8.95. The van der Waals surface area contributed by atoms with Crippen molar-refractivity contribution in [3.63, 3.8) is 0 Å². The van der Waals surface area contributed by atoms with E-state index >= 15 is 0 Å². The fourth-order valence-corrected chi connectivity index (χ4v) is 4.13. The molecule has 0 amide bonds. The first kappa shape index (κ1) is 15.6. The van der Waals surface area contributed by atoms with E-state index in [4.69, 9.17) is 0 Å². The summed E-state index contributed by atoms with van der Waals surface area (Å²) in [5.74, 6) is 0. The maximum absolute atomic E-state index is 12.8. The SMILES string of the molecule is Cc1cc(C)c(S(=O)(=O)Nc2cccc3ccccc23)cc1C. The summed E-state index contributed by atoms with van der Waals surface area (Å²) in [6, 6.07) is 17.0. The van der Waals surface area contributed by atoms with Gasteiger partial charge >= 0.3 is 0 Å². The van der Waals surface area contributed by atoms with Crippen LogP contribution in [0.15, 0.2) is 59.5 Å². The molecule has 3 aromatic carbocycles. The van der Waals surface area contributed by atoms with Crippen LogP contribution in [-0.2, 0) is 10.0 Å². The maximum Gasteiger partial charge on any atom is 0.262 e. The van der Waals surface area contributed by atoms with Crippen molar-refractivity contribution in [2.45, 2.75) is 25.7 Å². The van der Waals surface area contributed by atoms with Crippen molar-refractivity contribution >= 4 is 26.5 Å². The molecule has 0 bridgehead atoms. The molecular weight excluding hydrogens is 306 g/mol. The molecule has 0 aliphatic carbocycles. The van der Waals surface area contributed by atoms with Gasteiger partial charge in [0.2, 0.25) is 0 Å². The zero-order chi connectivity index (χ0) is 16.6. The number of sulfonamides is 1. The van der Waals surface area contributed by atoms with E-state index in [1.165, 1.54) is 0 Å². The number of hydrogen-bond donors (Lipinski definition) is 1. The van der Waals surface area contributed by atoms with Gasteiger partial charge in [-0.3, -0.25) is 4.72 Å². The summed E-state index contributed by atoms with van der Waals surface area (Å²) < 4.78 is 28.4. The Hall–Kier alpha value is -2.33. The second-order valence-corrected chi connectivity index (χ2v) is 7.48. The molecule has 0 aliphatic heterocycles. The van der Waals surface area contributed by atoms with Gasteiger partial charge < -0.3 is 0 Å². The van der Waals surface area contributed by atoms with Crippen LogP contribution in [0.4, 0.5) is 5.69 Å². The second kappa shape index (κ2) is 5.70. The van der Waals surface area contributed by atoms with Crippen LogP contribution in [0, 0.1) is 20.8 Å². The summed E-state index contributed by atoms with van der Waals surface area (Å²) in [5, 5.41) is 1.89. The second-order valence-electron chi connectivity index (χ2n) is 5.83. The van der Waals surface area contributed by atoms with Gasteiger partial charge in [0.05, 0.1) is 10.6 Å². The molecule has 3 nitrogen and oxygen atoms in total. The number of anilines is 1. The molecule has 0 heterocycles. The van der Waals surface area contributed by atoms with Crippen molar-refractivity contribution in [2.24, 2.45) is 0 Å². The molecule has 0 radical (unpaired) electrons. The number of rotatable bonds is 3. The summed E-state index contributed by atoms with van der Waals surface area (Å²) in [4.78, 5) is 0.327. The molecule has 1 N–H and O–H groups in total. The Kier molecular flexibility index (Phi) is 3.86. The Balaban J connectivity index is 2.09. The molecule has 0 atom stereocenters. The first-order chi connectivity index (χ1) is 10.9. The van der Waals surface area contributed by atoms with E-state index < -0.39 is 10.0 Å². The summed E-state index contributed by atoms with van der Waals surface area (Å²) in [6.45, 7) is 5.73. The van der Waals surface area contributed by atoms with Gasteiger partial charge in [0.1, 0.15) is 0 Å². The Morgan fingerprint density at radius 3 is 2.22 bits per heavy atom. The molecule has 118 valence electrons. The zero-order valence-corrected chi connectivity index (χ0v) is 14.2. The molecule has 3 rings (SSSR count). The van der Waals surface area contributed by atoms with Gasteiger partial charge in [-0.2, -0.15) is 0 Å². The van der Waals surface area contributed by atoms with Gasteiger partial charge in [-0.05, 0) is 55.0 Å². The Morgan fingerprint density at radius 1 is 0.783 bits per heavy atom. The van der Waals surface area contributed by atoms with Crippen LogP contribution < -0.4 is 4.72 Å². The third-order valence-corrected chi connectivity index (χ3v) is 5.62. The standard InChI is InChI=1S/C19H19NO2S/c1-13-11-15(3)19(12-14(13)2)23(21,22)20-18-10-6-8-16-7-4-5-9-17(16)18/h4-12,20H,1-3H3. The van der Waals surface area contributed by atoms with Crippen LogP contribution in [-0.4, -0.2) is 8.42 Å². The fourth-order valence-electron chi connectivity index (χ4n) is 2.74. The molecule has 4 heteroatoms. The van der Waals surface area contributed by atoms with Crippen LogP contribution >= 0.6 is 0 Å². The highest BCUT2D eigenvalue weighted by atomic mass is 32.2. The minimum absolute atomic E-state index is 0.327. The van der Waals surface area contributed by atoms with Crippen molar-refractivity contribution in [1.29, 1.82) is 0 Å². The number of aryl methyl sites for hydroxylation is 3. The van der Waals surface area contributed by atoms with E-state index in [-0.39, 0.29) is 0 Å². The van der Waals surface area contributed by atoms with E-state index in [1.807, 2.05) is 63.2 Å². The molecule has 0 unspecified atom stereocenters. The predicted octanol–water partition coefficient (Wildman–Crippen LogP) is 4.57. The fraction of sp³-hybridized carbons (Fsp3) is 0.158. The lowest BCUT2D eigenvalue weighted by Gasteiger charge is -2.14. The molecular formula is C19H19NO2S. The van der Waals surface area contributed by atoms with Gasteiger partial charge in [-0.1, -0.05) is 42.5 Å². The minimum atomic E-state index is -3.62. The summed E-state index contributed by atoms with van der Waals surface area (Å²) in [7, 11) is -3.62. The third-order valence-electron chi connectivity index (χ3n) is 4.11. The lowest BCUT2D eigenvalue weighted by Crippen LogP contribution is -2.15. The number of nitrogens with one attached hydrogen (secondary N) is 1. The highest BCUT2D eigenvalue weighted by Gasteiger charge is 2.18. The van der Waals surface area contributed by atoms with E-state index in [9.17, 15) is 8.42 Å². The van der Waals surface area contributed by atoms with Gasteiger partial charge in [0.15, 0.2) is 0 Å². The summed E-state index contributed by atoms with van der Waals surface area (Å²) in [6.07, 6.45) is 0. The number of fused-ring (bicyclic) bond motifs is 1. The number of benzene rings is 3. The maximum atomic E-state index is 12.8. The third kappa shape index (κ3) is 2.94. The van der Waals surface area contributed by atoms with Gasteiger partial charge in [-0.15, -0.1) is 0 Å². The first-order valence-electron chi connectivity index (χ1n) is 7.47. The quantitative estimate of drug-likeness (QED) is 0.767. The molecule has 0 fully saturated rings. The zero-order valence-electron chi connectivity index (χ0n) is 13.4. The van der Waals surface area contributed by atoms with Gasteiger partial charge in [0, 0.05) is 5.39 Å². The van der Waals surface area contributed by atoms with E-state index in [1.54, 1.807) is 12.1 Å². The summed E-state index contributed by atoms with van der Waals surface area (Å²) >= 11 is 0. The van der Waals surface area contributed by atoms with Crippen LogP contribution in [0.5, 0.6) is 0 Å². The molecule has 3 aromatic rings. The Bertz CT molecular complexity index is 986. The smallest absolute Gasteiger partial charge is 0.262 e. The largest absolute Gasteiger partial charge is 0.279 e. The normalized spacial score (nSPS) is 11.6. The van der Waals surface area contributed by atoms with Gasteiger partial charge in [0.25, 0.3) is 10.0 Å². The number of hydrogen-bond acceptors (Lipinski definition) is 2. The van der Waals surface area contributed by atoms with Crippen LogP contribution in [0.3, 0.4) is 0 Å². The molecule has 23 heavy (non-hydrogen) atoms. The Morgan fingerprint density at radius 2 is 1.43 bits per heavy atom. The van der Waals surface area contributed by atoms with Crippen molar-refractivity contribution in [1.82, 2.24) is 0 Å². The lowest BCUT2D eigenvalue weighted by molar-refractivity contribution is 0.600. The summed E-state index contributed by atoms with van der Waals surface area (Å²) in [5.41, 5.74) is 3.40. The van der Waals surface area contributed by atoms with Crippen LogP contribution in [0.1, 0.15) is 16.7 Å². The van der Waals surface area contributed by atoms with Gasteiger partial charge in [-0.25, -0.2) is 8.42 Å². The average molecular weight is 325 g/mol. The van der Waals surface area contributed by atoms with Crippen LogP contribution in [0.25, 0.3) is 10.8 Å². The molecule has 0 spiro atoms.